The van der Waals surface area contributed by atoms with E-state index in [-0.39, 0.29) is 12.5 Å². The van der Waals surface area contributed by atoms with Crippen LogP contribution in [0, 0.1) is 6.92 Å². The predicted molar refractivity (Wildman–Crippen MR) is 82.8 cm³/mol. The molecule has 0 aromatic heterocycles. The molecule has 0 radical (unpaired) electrons. The van der Waals surface area contributed by atoms with Gasteiger partial charge in [0.25, 0.3) is 5.91 Å². The zero-order valence-electron chi connectivity index (χ0n) is 12.9. The van der Waals surface area contributed by atoms with Crippen LogP contribution in [0.3, 0.4) is 0 Å². The number of benzene rings is 1. The van der Waals surface area contributed by atoms with Gasteiger partial charge < -0.3 is 15.4 Å². The van der Waals surface area contributed by atoms with E-state index >= 15 is 0 Å². The normalized spacial score (nSPS) is 19.8. The van der Waals surface area contributed by atoms with Crippen LogP contribution in [-0.4, -0.2) is 48.0 Å². The Morgan fingerprint density at radius 2 is 2.09 bits per heavy atom. The largest absolute Gasteiger partial charge is 0.381 e. The molecule has 1 spiro atoms. The van der Waals surface area contributed by atoms with Crippen molar-refractivity contribution < 1.29 is 19.1 Å². The molecule has 1 aromatic rings. The first-order valence-corrected chi connectivity index (χ1v) is 7.59. The van der Waals surface area contributed by atoms with E-state index in [1.54, 1.807) is 6.07 Å². The van der Waals surface area contributed by atoms with Crippen molar-refractivity contribution in [1.82, 2.24) is 10.2 Å². The third kappa shape index (κ3) is 3.05. The number of rotatable bonds is 3. The molecule has 1 aromatic carbocycles. The number of imide groups is 1. The number of carbonyl (C=O) groups is 3. The molecule has 2 heterocycles. The lowest BCUT2D eigenvalue weighted by Gasteiger charge is -2.30. The molecule has 0 bridgehead atoms. The maximum Gasteiger partial charge on any atom is 0.325 e. The van der Waals surface area contributed by atoms with Gasteiger partial charge in [-0.3, -0.25) is 14.5 Å². The first kappa shape index (κ1) is 15.5. The number of aryl methyl sites for hydroxylation is 1. The summed E-state index contributed by atoms with van der Waals surface area (Å²) in [5.41, 5.74) is 0.751. The molecule has 122 valence electrons. The minimum absolute atomic E-state index is 0.290. The summed E-state index contributed by atoms with van der Waals surface area (Å²) in [5, 5.41) is 5.43. The number of nitrogens with zero attached hydrogens (tertiary/aromatic N) is 1. The summed E-state index contributed by atoms with van der Waals surface area (Å²) in [7, 11) is 0. The highest BCUT2D eigenvalue weighted by molar-refractivity contribution is 6.10. The van der Waals surface area contributed by atoms with Crippen molar-refractivity contribution in [3.8, 4) is 0 Å². The van der Waals surface area contributed by atoms with Crippen molar-refractivity contribution in [3.63, 3.8) is 0 Å². The molecule has 7 nitrogen and oxygen atoms in total. The molecule has 0 atom stereocenters. The lowest BCUT2D eigenvalue weighted by atomic mass is 9.90. The molecule has 0 saturated carbocycles. The zero-order chi connectivity index (χ0) is 16.4. The van der Waals surface area contributed by atoms with Crippen LogP contribution in [0.5, 0.6) is 0 Å². The van der Waals surface area contributed by atoms with Gasteiger partial charge in [0.2, 0.25) is 5.91 Å². The Bertz CT molecular complexity index is 652. The Hall–Kier alpha value is -2.41. The summed E-state index contributed by atoms with van der Waals surface area (Å²) in [6.07, 6.45) is 0.876. The monoisotopic (exact) mass is 317 g/mol. The Kier molecular flexibility index (Phi) is 4.04. The number of nitrogens with one attached hydrogen (secondary N) is 2. The quantitative estimate of drug-likeness (QED) is 0.815. The Morgan fingerprint density at radius 1 is 1.35 bits per heavy atom. The van der Waals surface area contributed by atoms with Crippen LogP contribution in [0.1, 0.15) is 18.4 Å². The Balaban J connectivity index is 1.66. The predicted octanol–water partition coefficient (Wildman–Crippen LogP) is 1.03. The first-order chi connectivity index (χ1) is 11.0. The van der Waals surface area contributed by atoms with E-state index in [1.807, 2.05) is 25.1 Å². The number of anilines is 1. The second-order valence-electron chi connectivity index (χ2n) is 5.93. The van der Waals surface area contributed by atoms with Crippen molar-refractivity contribution in [2.24, 2.45) is 0 Å². The van der Waals surface area contributed by atoms with Crippen LogP contribution in [0.4, 0.5) is 10.5 Å². The number of hydrogen-bond donors (Lipinski definition) is 2. The first-order valence-electron chi connectivity index (χ1n) is 7.59. The van der Waals surface area contributed by atoms with Crippen molar-refractivity contribution in [2.75, 3.05) is 25.1 Å². The number of carbonyl (C=O) groups excluding carboxylic acids is 3. The minimum Gasteiger partial charge on any atom is -0.381 e. The van der Waals surface area contributed by atoms with E-state index in [0.29, 0.717) is 31.7 Å². The molecule has 0 aliphatic carbocycles. The standard InChI is InChI=1S/C16H19N3O4/c1-11-3-2-4-12(9-11)17-13(20)10-19-14(21)16(18-15(19)22)5-7-23-8-6-16/h2-4,9H,5-8,10H2,1H3,(H,17,20)(H,18,22). The second-order valence-corrected chi connectivity index (χ2v) is 5.93. The lowest BCUT2D eigenvalue weighted by molar-refractivity contribution is -0.136. The van der Waals surface area contributed by atoms with E-state index in [1.165, 1.54) is 0 Å². The highest BCUT2D eigenvalue weighted by Crippen LogP contribution is 2.28. The summed E-state index contributed by atoms with van der Waals surface area (Å²) in [4.78, 5) is 37.7. The van der Waals surface area contributed by atoms with Gasteiger partial charge in [0.05, 0.1) is 0 Å². The molecular formula is C16H19N3O4. The van der Waals surface area contributed by atoms with Gasteiger partial charge in [-0.15, -0.1) is 0 Å². The van der Waals surface area contributed by atoms with Gasteiger partial charge in [0, 0.05) is 31.7 Å². The third-order valence-corrected chi connectivity index (χ3v) is 4.20. The van der Waals surface area contributed by atoms with Crippen molar-refractivity contribution in [3.05, 3.63) is 29.8 Å². The molecule has 2 fully saturated rings. The summed E-state index contributed by atoms with van der Waals surface area (Å²) in [6.45, 7) is 2.48. The fraction of sp³-hybridized carbons (Fsp3) is 0.438. The molecule has 0 unspecified atom stereocenters. The smallest absolute Gasteiger partial charge is 0.325 e. The van der Waals surface area contributed by atoms with E-state index in [9.17, 15) is 14.4 Å². The van der Waals surface area contributed by atoms with Gasteiger partial charge in [-0.2, -0.15) is 0 Å². The van der Waals surface area contributed by atoms with Crippen molar-refractivity contribution in [1.29, 1.82) is 0 Å². The SMILES string of the molecule is Cc1cccc(NC(=O)CN2C(=O)NC3(CCOCC3)C2=O)c1. The van der Waals surface area contributed by atoms with E-state index in [2.05, 4.69) is 10.6 Å². The van der Waals surface area contributed by atoms with Gasteiger partial charge in [-0.05, 0) is 24.6 Å². The zero-order valence-corrected chi connectivity index (χ0v) is 12.9. The summed E-state index contributed by atoms with van der Waals surface area (Å²) >= 11 is 0. The number of amides is 4. The van der Waals surface area contributed by atoms with Gasteiger partial charge in [0.15, 0.2) is 0 Å². The fourth-order valence-electron chi connectivity index (χ4n) is 2.95. The van der Waals surface area contributed by atoms with Crippen molar-refractivity contribution >= 4 is 23.5 Å². The molecule has 23 heavy (non-hydrogen) atoms. The summed E-state index contributed by atoms with van der Waals surface area (Å²) in [5.74, 6) is -0.742. The van der Waals surface area contributed by atoms with Crippen LogP contribution >= 0.6 is 0 Å². The number of hydrogen-bond acceptors (Lipinski definition) is 4. The molecule has 3 rings (SSSR count). The number of ether oxygens (including phenoxy) is 1. The fourth-order valence-corrected chi connectivity index (χ4v) is 2.95. The van der Waals surface area contributed by atoms with Gasteiger partial charge in [-0.1, -0.05) is 12.1 Å². The molecular weight excluding hydrogens is 298 g/mol. The topological polar surface area (TPSA) is 87.7 Å². The van der Waals surface area contributed by atoms with Gasteiger partial charge in [0.1, 0.15) is 12.1 Å². The Labute approximate surface area is 134 Å². The molecule has 4 amide bonds. The van der Waals surface area contributed by atoms with Crippen LogP contribution in [0.15, 0.2) is 24.3 Å². The van der Waals surface area contributed by atoms with Gasteiger partial charge >= 0.3 is 6.03 Å². The molecule has 2 saturated heterocycles. The van der Waals surface area contributed by atoms with E-state index in [0.717, 1.165) is 10.5 Å². The van der Waals surface area contributed by atoms with Crippen LogP contribution in [0.25, 0.3) is 0 Å². The molecule has 7 heteroatoms. The molecule has 2 N–H and O–H groups in total. The average Bonchev–Trinajstić information content (AvgIpc) is 2.72. The summed E-state index contributed by atoms with van der Waals surface area (Å²) < 4.78 is 5.24. The van der Waals surface area contributed by atoms with Crippen LogP contribution < -0.4 is 10.6 Å². The summed E-state index contributed by atoms with van der Waals surface area (Å²) in [6, 6.07) is 6.81. The van der Waals surface area contributed by atoms with Crippen LogP contribution in [-0.2, 0) is 14.3 Å². The second kappa shape index (κ2) is 6.00. The minimum atomic E-state index is -0.904. The highest BCUT2D eigenvalue weighted by Gasteiger charge is 2.52. The van der Waals surface area contributed by atoms with Crippen molar-refractivity contribution in [2.45, 2.75) is 25.3 Å². The molecule has 2 aliphatic heterocycles. The Morgan fingerprint density at radius 3 is 2.78 bits per heavy atom. The number of urea groups is 1. The lowest BCUT2D eigenvalue weighted by Crippen LogP contribution is -2.51. The van der Waals surface area contributed by atoms with E-state index in [4.69, 9.17) is 4.74 Å². The highest BCUT2D eigenvalue weighted by atomic mass is 16.5. The maximum absolute atomic E-state index is 12.5. The molecule has 2 aliphatic rings. The maximum atomic E-state index is 12.5. The van der Waals surface area contributed by atoms with Crippen LogP contribution in [0.2, 0.25) is 0 Å². The van der Waals surface area contributed by atoms with E-state index < -0.39 is 17.5 Å². The third-order valence-electron chi connectivity index (χ3n) is 4.20. The van der Waals surface area contributed by atoms with Gasteiger partial charge in [-0.25, -0.2) is 4.79 Å². The average molecular weight is 317 g/mol.